The van der Waals surface area contributed by atoms with Gasteiger partial charge in [0.1, 0.15) is 17.3 Å². The number of carbonyl (C=O) groups is 3. The Morgan fingerprint density at radius 1 is 0.944 bits per heavy atom. The van der Waals surface area contributed by atoms with Crippen molar-refractivity contribution in [3.8, 4) is 11.5 Å². The molecule has 0 fully saturated rings. The lowest BCUT2D eigenvalue weighted by molar-refractivity contribution is -0.142. The zero-order valence-electron chi connectivity index (χ0n) is 19.6. The summed E-state index contributed by atoms with van der Waals surface area (Å²) in [7, 11) is 0. The Kier molecular flexibility index (Phi) is 6.87. The molecule has 0 radical (unpaired) electrons. The van der Waals surface area contributed by atoms with Gasteiger partial charge in [-0.2, -0.15) is 8.78 Å². The molecule has 2 amide bonds. The number of benzene rings is 3. The maximum absolute atomic E-state index is 14.8. The summed E-state index contributed by atoms with van der Waals surface area (Å²) in [4.78, 5) is 39.4. The molecule has 36 heavy (non-hydrogen) atoms. The molecule has 0 saturated heterocycles. The van der Waals surface area contributed by atoms with Crippen molar-refractivity contribution in [2.45, 2.75) is 39.9 Å². The number of alkyl halides is 2. The molecule has 0 unspecified atom stereocenters. The fourth-order valence-electron chi connectivity index (χ4n) is 4.09. The summed E-state index contributed by atoms with van der Waals surface area (Å²) in [5.74, 6) is -3.76. The molecule has 0 aliphatic carbocycles. The molecule has 0 saturated carbocycles. The van der Waals surface area contributed by atoms with Crippen molar-refractivity contribution >= 4 is 34.2 Å². The SMILES string of the molecule is CCOC(=O)Cc1ccc(N2C(=O)c3c(c(OC(F)F)c4ccccc4c3OC(C)C)C2=O)cc1F. The van der Waals surface area contributed by atoms with Crippen LogP contribution in [0, 0.1) is 5.82 Å². The Morgan fingerprint density at radius 3 is 2.03 bits per heavy atom. The summed E-state index contributed by atoms with van der Waals surface area (Å²) in [6, 6.07) is 9.71. The van der Waals surface area contributed by atoms with Gasteiger partial charge < -0.3 is 14.2 Å². The molecule has 188 valence electrons. The van der Waals surface area contributed by atoms with Crippen molar-refractivity contribution in [2.24, 2.45) is 0 Å². The smallest absolute Gasteiger partial charge is 0.387 e. The van der Waals surface area contributed by atoms with E-state index in [1.807, 2.05) is 0 Å². The van der Waals surface area contributed by atoms with E-state index in [9.17, 15) is 27.6 Å². The first-order valence-electron chi connectivity index (χ1n) is 11.2. The number of anilines is 1. The number of rotatable bonds is 8. The Hall–Kier alpha value is -4.08. The van der Waals surface area contributed by atoms with Gasteiger partial charge >= 0.3 is 12.6 Å². The standard InChI is InChI=1S/C26H22F3NO6/c1-4-34-19(31)11-14-9-10-15(12-18(14)27)30-24(32)20-21(25(30)33)23(36-26(28)29)17-8-6-5-7-16(17)22(20)35-13(2)3/h5-10,12-13,26H,4,11H2,1-3H3. The maximum Gasteiger partial charge on any atom is 0.387 e. The van der Waals surface area contributed by atoms with Crippen LogP contribution in [0.1, 0.15) is 47.1 Å². The summed E-state index contributed by atoms with van der Waals surface area (Å²) in [5, 5.41) is 0.464. The van der Waals surface area contributed by atoms with E-state index in [2.05, 4.69) is 0 Å². The highest BCUT2D eigenvalue weighted by molar-refractivity contribution is 6.38. The van der Waals surface area contributed by atoms with Gasteiger partial charge in [0.25, 0.3) is 11.8 Å². The van der Waals surface area contributed by atoms with Gasteiger partial charge in [0.2, 0.25) is 0 Å². The predicted molar refractivity (Wildman–Crippen MR) is 124 cm³/mol. The van der Waals surface area contributed by atoms with Gasteiger partial charge in [0, 0.05) is 10.8 Å². The fraction of sp³-hybridized carbons (Fsp3) is 0.269. The maximum atomic E-state index is 14.8. The highest BCUT2D eigenvalue weighted by atomic mass is 19.3. The Bertz CT molecular complexity index is 1300. The van der Waals surface area contributed by atoms with Gasteiger partial charge in [-0.3, -0.25) is 14.4 Å². The average molecular weight is 501 g/mol. The summed E-state index contributed by atoms with van der Waals surface area (Å²) in [5.41, 5.74) is -0.788. The molecule has 3 aromatic carbocycles. The number of nitrogens with zero attached hydrogens (tertiary/aromatic N) is 1. The zero-order valence-corrected chi connectivity index (χ0v) is 19.6. The number of fused-ring (bicyclic) bond motifs is 2. The molecule has 0 spiro atoms. The Balaban J connectivity index is 1.87. The second-order valence-corrected chi connectivity index (χ2v) is 8.20. The molecular formula is C26H22F3NO6. The molecule has 0 N–H and O–H groups in total. The van der Waals surface area contributed by atoms with Crippen molar-refractivity contribution in [2.75, 3.05) is 11.5 Å². The molecule has 1 aliphatic heterocycles. The lowest BCUT2D eigenvalue weighted by Gasteiger charge is -2.18. The van der Waals surface area contributed by atoms with E-state index in [4.69, 9.17) is 14.2 Å². The number of carbonyl (C=O) groups excluding carboxylic acids is 3. The van der Waals surface area contributed by atoms with Crippen LogP contribution in [0.5, 0.6) is 11.5 Å². The average Bonchev–Trinajstić information content (AvgIpc) is 3.07. The zero-order chi connectivity index (χ0) is 26.1. The molecule has 0 aromatic heterocycles. The summed E-state index contributed by atoms with van der Waals surface area (Å²) >= 11 is 0. The monoisotopic (exact) mass is 501 g/mol. The number of halogens is 3. The van der Waals surface area contributed by atoms with Crippen LogP contribution in [0.2, 0.25) is 0 Å². The van der Waals surface area contributed by atoms with Crippen molar-refractivity contribution < 1.29 is 41.8 Å². The fourth-order valence-corrected chi connectivity index (χ4v) is 4.09. The number of amides is 2. The molecule has 7 nitrogen and oxygen atoms in total. The van der Waals surface area contributed by atoms with Gasteiger partial charge in [-0.05, 0) is 38.5 Å². The van der Waals surface area contributed by atoms with Gasteiger partial charge in [-0.15, -0.1) is 0 Å². The lowest BCUT2D eigenvalue weighted by atomic mass is 9.99. The van der Waals surface area contributed by atoms with Crippen molar-refractivity contribution in [3.63, 3.8) is 0 Å². The molecule has 10 heteroatoms. The van der Waals surface area contributed by atoms with Crippen LogP contribution in [0.15, 0.2) is 42.5 Å². The molecule has 1 heterocycles. The largest absolute Gasteiger partial charge is 0.489 e. The number of hydrogen-bond donors (Lipinski definition) is 0. The molecule has 0 atom stereocenters. The van der Waals surface area contributed by atoms with E-state index < -0.39 is 47.6 Å². The highest BCUT2D eigenvalue weighted by Crippen LogP contribution is 2.46. The van der Waals surface area contributed by atoms with E-state index in [0.717, 1.165) is 6.07 Å². The van der Waals surface area contributed by atoms with E-state index in [1.165, 1.54) is 18.2 Å². The first-order chi connectivity index (χ1) is 17.1. The first-order valence-corrected chi connectivity index (χ1v) is 11.2. The number of hydrogen-bond acceptors (Lipinski definition) is 6. The third-order valence-electron chi connectivity index (χ3n) is 5.45. The van der Waals surface area contributed by atoms with E-state index in [0.29, 0.717) is 10.3 Å². The quantitative estimate of drug-likeness (QED) is 0.309. The highest BCUT2D eigenvalue weighted by Gasteiger charge is 2.44. The topological polar surface area (TPSA) is 82.1 Å². The summed E-state index contributed by atoms with van der Waals surface area (Å²) in [6.45, 7) is 1.90. The third kappa shape index (κ3) is 4.46. The lowest BCUT2D eigenvalue weighted by Crippen LogP contribution is -2.29. The van der Waals surface area contributed by atoms with Crippen molar-refractivity contribution in [3.05, 3.63) is 65.0 Å². The third-order valence-corrected chi connectivity index (χ3v) is 5.45. The first kappa shape index (κ1) is 25.0. The van der Waals surface area contributed by atoms with Crippen LogP contribution in [0.25, 0.3) is 10.8 Å². The normalized spacial score (nSPS) is 13.1. The minimum atomic E-state index is -3.27. The summed E-state index contributed by atoms with van der Waals surface area (Å²) in [6.07, 6.45) is -0.761. The van der Waals surface area contributed by atoms with Crippen LogP contribution in [-0.4, -0.2) is 37.1 Å². The molecule has 3 aromatic rings. The van der Waals surface area contributed by atoms with E-state index in [-0.39, 0.29) is 41.0 Å². The Morgan fingerprint density at radius 2 is 1.53 bits per heavy atom. The van der Waals surface area contributed by atoms with Gasteiger partial charge in [0.15, 0.2) is 0 Å². The van der Waals surface area contributed by atoms with Crippen LogP contribution >= 0.6 is 0 Å². The van der Waals surface area contributed by atoms with E-state index in [1.54, 1.807) is 39.0 Å². The second-order valence-electron chi connectivity index (χ2n) is 8.20. The molecule has 1 aliphatic rings. The predicted octanol–water partition coefficient (Wildman–Crippen LogP) is 5.27. The van der Waals surface area contributed by atoms with Gasteiger partial charge in [0.05, 0.1) is 35.9 Å². The van der Waals surface area contributed by atoms with Crippen molar-refractivity contribution in [1.82, 2.24) is 0 Å². The van der Waals surface area contributed by atoms with Gasteiger partial charge in [-0.25, -0.2) is 9.29 Å². The number of esters is 1. The molecular weight excluding hydrogens is 479 g/mol. The van der Waals surface area contributed by atoms with Gasteiger partial charge in [-0.1, -0.05) is 30.3 Å². The Labute approximate surface area is 204 Å². The number of ether oxygens (including phenoxy) is 3. The van der Waals surface area contributed by atoms with Crippen LogP contribution in [0.4, 0.5) is 18.9 Å². The summed E-state index contributed by atoms with van der Waals surface area (Å²) < 4.78 is 57.0. The minimum absolute atomic E-state index is 0.00472. The minimum Gasteiger partial charge on any atom is -0.489 e. The van der Waals surface area contributed by atoms with Crippen LogP contribution < -0.4 is 14.4 Å². The number of imide groups is 1. The molecule has 4 rings (SSSR count). The van der Waals surface area contributed by atoms with Crippen LogP contribution in [0.3, 0.4) is 0 Å². The van der Waals surface area contributed by atoms with Crippen LogP contribution in [-0.2, 0) is 16.0 Å². The van der Waals surface area contributed by atoms with Crippen molar-refractivity contribution in [1.29, 1.82) is 0 Å². The van der Waals surface area contributed by atoms with E-state index >= 15 is 0 Å². The molecule has 0 bridgehead atoms. The second kappa shape index (κ2) is 9.88.